The number of rotatable bonds is 5. The number of carbonyl (C=O) groups excluding carboxylic acids is 1. The predicted molar refractivity (Wildman–Crippen MR) is 77.0 cm³/mol. The molecule has 0 fully saturated rings. The summed E-state index contributed by atoms with van der Waals surface area (Å²) >= 11 is 0. The van der Waals surface area contributed by atoms with E-state index < -0.39 is 0 Å². The van der Waals surface area contributed by atoms with Gasteiger partial charge in [-0.05, 0) is 19.4 Å². The Bertz CT molecular complexity index is 154. The van der Waals surface area contributed by atoms with Gasteiger partial charge in [-0.1, -0.05) is 53.7 Å². The molecule has 0 spiro atoms. The van der Waals surface area contributed by atoms with E-state index in [0.29, 0.717) is 6.42 Å². The fourth-order valence-corrected chi connectivity index (χ4v) is 0.560. The Kier molecular flexibility index (Phi) is 25.8. The normalized spacial score (nSPS) is 9.25. The van der Waals surface area contributed by atoms with Crippen molar-refractivity contribution in [1.29, 1.82) is 0 Å². The molecule has 0 aliphatic carbocycles. The van der Waals surface area contributed by atoms with Crippen LogP contribution in [0.1, 0.15) is 56.3 Å². The molecule has 0 aliphatic rings. The van der Waals surface area contributed by atoms with Gasteiger partial charge in [0.2, 0.25) is 0 Å². The van der Waals surface area contributed by atoms with Gasteiger partial charge in [0.15, 0.2) is 0 Å². The number of nitrogens with one attached hydrogen (secondary N) is 1. The van der Waals surface area contributed by atoms with Crippen molar-refractivity contribution in [2.75, 3.05) is 13.1 Å². The van der Waals surface area contributed by atoms with Crippen molar-refractivity contribution >= 4 is 5.78 Å². The first-order chi connectivity index (χ1) is 7.50. The van der Waals surface area contributed by atoms with Gasteiger partial charge in [-0.3, -0.25) is 4.79 Å². The monoisotopic (exact) mass is 231 g/mol. The molecule has 2 nitrogen and oxygen atoms in total. The SMILES string of the molecule is CC.CC(C)C.CCNC/C=C/CC(C)=O.[HH]. The van der Waals surface area contributed by atoms with Crippen LogP contribution in [-0.4, -0.2) is 18.9 Å². The van der Waals surface area contributed by atoms with Crippen molar-refractivity contribution in [2.45, 2.75) is 54.9 Å². The minimum absolute atomic E-state index is 0. The lowest BCUT2D eigenvalue weighted by Crippen LogP contribution is -2.11. The summed E-state index contributed by atoms with van der Waals surface area (Å²) in [6.07, 6.45) is 4.43. The maximum atomic E-state index is 10.4. The maximum absolute atomic E-state index is 10.4. The molecule has 0 aromatic carbocycles. The van der Waals surface area contributed by atoms with Gasteiger partial charge in [0.1, 0.15) is 5.78 Å². The number of hydrogen-bond acceptors (Lipinski definition) is 2. The van der Waals surface area contributed by atoms with E-state index in [-0.39, 0.29) is 7.21 Å². The minimum atomic E-state index is 0. The molecule has 2 heteroatoms. The van der Waals surface area contributed by atoms with Crippen molar-refractivity contribution in [3.05, 3.63) is 12.2 Å². The van der Waals surface area contributed by atoms with Crippen molar-refractivity contribution in [2.24, 2.45) is 5.92 Å². The van der Waals surface area contributed by atoms with Crippen LogP contribution in [0.5, 0.6) is 0 Å². The molecule has 0 aromatic rings. The van der Waals surface area contributed by atoms with E-state index >= 15 is 0 Å². The molecule has 0 radical (unpaired) electrons. The van der Waals surface area contributed by atoms with Crippen molar-refractivity contribution in [3.8, 4) is 0 Å². The molecule has 0 aromatic heterocycles. The van der Waals surface area contributed by atoms with Crippen LogP contribution < -0.4 is 5.32 Å². The lowest BCUT2D eigenvalue weighted by atomic mass is 10.3. The Hall–Kier alpha value is -0.630. The number of hydrogen-bond donors (Lipinski definition) is 1. The lowest BCUT2D eigenvalue weighted by molar-refractivity contribution is -0.116. The molecule has 16 heavy (non-hydrogen) atoms. The zero-order chi connectivity index (χ0) is 13.4. The summed E-state index contributed by atoms with van der Waals surface area (Å²) in [6.45, 7) is 16.0. The highest BCUT2D eigenvalue weighted by Gasteiger charge is 1.83. The molecule has 0 atom stereocenters. The molecule has 1 N–H and O–H groups in total. The number of carbonyl (C=O) groups is 1. The third-order valence-corrected chi connectivity index (χ3v) is 1.08. The molecule has 0 bridgehead atoms. The average molecular weight is 231 g/mol. The quantitative estimate of drug-likeness (QED) is 0.571. The predicted octanol–water partition coefficient (Wildman–Crippen LogP) is 4.07. The van der Waals surface area contributed by atoms with E-state index in [2.05, 4.69) is 33.0 Å². The van der Waals surface area contributed by atoms with Gasteiger partial charge in [0.25, 0.3) is 0 Å². The fourth-order valence-electron chi connectivity index (χ4n) is 0.560. The highest BCUT2D eigenvalue weighted by molar-refractivity contribution is 5.76. The van der Waals surface area contributed by atoms with Gasteiger partial charge in [-0.2, -0.15) is 0 Å². The molecule has 0 aliphatic heterocycles. The van der Waals surface area contributed by atoms with Gasteiger partial charge in [-0.25, -0.2) is 0 Å². The fraction of sp³-hybridized carbons (Fsp3) is 0.786. The van der Waals surface area contributed by atoms with E-state index in [4.69, 9.17) is 0 Å². The summed E-state index contributed by atoms with van der Waals surface area (Å²) in [5, 5.41) is 3.12. The van der Waals surface area contributed by atoms with Crippen LogP contribution in [0.3, 0.4) is 0 Å². The summed E-state index contributed by atoms with van der Waals surface area (Å²) in [4.78, 5) is 10.4. The summed E-state index contributed by atoms with van der Waals surface area (Å²) in [5.74, 6) is 1.05. The largest absolute Gasteiger partial charge is 0.314 e. The van der Waals surface area contributed by atoms with Crippen molar-refractivity contribution in [3.63, 3.8) is 0 Å². The number of ketones is 1. The van der Waals surface area contributed by atoms with Gasteiger partial charge in [0.05, 0.1) is 0 Å². The smallest absolute Gasteiger partial charge is 0.133 e. The number of likely N-dealkylation sites (N-methyl/N-ethyl adjacent to an activating group) is 1. The minimum Gasteiger partial charge on any atom is -0.314 e. The molecular weight excluding hydrogens is 198 g/mol. The average Bonchev–Trinajstić information content (AvgIpc) is 2.19. The Morgan fingerprint density at radius 1 is 1.25 bits per heavy atom. The molecule has 100 valence electrons. The first-order valence-electron chi connectivity index (χ1n) is 6.35. The van der Waals surface area contributed by atoms with Crippen molar-refractivity contribution in [1.82, 2.24) is 5.32 Å². The zero-order valence-electron chi connectivity index (χ0n) is 12.3. The number of allylic oxidation sites excluding steroid dienone is 1. The summed E-state index contributed by atoms with van der Waals surface area (Å²) in [6, 6.07) is 0. The van der Waals surface area contributed by atoms with E-state index in [1.807, 2.05) is 26.0 Å². The van der Waals surface area contributed by atoms with Gasteiger partial charge in [0, 0.05) is 14.4 Å². The summed E-state index contributed by atoms with van der Waals surface area (Å²) in [5.41, 5.74) is 0. The Balaban J connectivity index is -0.000000103. The van der Waals surface area contributed by atoms with Gasteiger partial charge in [-0.15, -0.1) is 0 Å². The first kappa shape index (κ1) is 20.7. The Labute approximate surface area is 104 Å². The lowest BCUT2D eigenvalue weighted by Gasteiger charge is -1.91. The molecule has 0 rings (SSSR count). The highest BCUT2D eigenvalue weighted by Crippen LogP contribution is 1.82. The maximum Gasteiger partial charge on any atom is 0.133 e. The highest BCUT2D eigenvalue weighted by atomic mass is 16.1. The first-order valence-corrected chi connectivity index (χ1v) is 6.35. The van der Waals surface area contributed by atoms with Gasteiger partial charge < -0.3 is 5.32 Å². The second-order valence-corrected chi connectivity index (χ2v) is 3.92. The third kappa shape index (κ3) is 50.4. The topological polar surface area (TPSA) is 29.1 Å². The van der Waals surface area contributed by atoms with E-state index in [9.17, 15) is 4.79 Å². The Morgan fingerprint density at radius 2 is 1.69 bits per heavy atom. The second kappa shape index (κ2) is 19.9. The van der Waals surface area contributed by atoms with Crippen LogP contribution in [-0.2, 0) is 4.79 Å². The Morgan fingerprint density at radius 3 is 2.00 bits per heavy atom. The van der Waals surface area contributed by atoms with Crippen LogP contribution in [0.25, 0.3) is 0 Å². The third-order valence-electron chi connectivity index (χ3n) is 1.08. The number of Topliss-reactive ketones (excluding diaryl/α,β-unsaturated/α-hetero) is 1. The van der Waals surface area contributed by atoms with E-state index in [1.54, 1.807) is 6.92 Å². The van der Waals surface area contributed by atoms with Crippen LogP contribution >= 0.6 is 0 Å². The van der Waals surface area contributed by atoms with Crippen molar-refractivity contribution < 1.29 is 6.22 Å². The molecule has 0 amide bonds. The standard InChI is InChI=1S/C8H15NO.C4H10.C2H6.H2/c1-3-9-7-5-4-6-8(2)10;1-4(2)3;1-2;/h4-5,9H,3,6-7H2,1-2H3;4H,1-3H3;1-2H3;1H/b5-4+;;;. The molecule has 0 unspecified atom stereocenters. The molecule has 0 heterocycles. The van der Waals surface area contributed by atoms with E-state index in [0.717, 1.165) is 19.0 Å². The van der Waals surface area contributed by atoms with Crippen LogP contribution in [0.4, 0.5) is 0 Å². The van der Waals surface area contributed by atoms with Gasteiger partial charge >= 0.3 is 0 Å². The molecular formula is C14H33NO. The molecule has 0 saturated carbocycles. The molecule has 0 saturated heterocycles. The van der Waals surface area contributed by atoms with E-state index in [1.165, 1.54) is 0 Å². The summed E-state index contributed by atoms with van der Waals surface area (Å²) < 4.78 is 0. The van der Waals surface area contributed by atoms with Crippen LogP contribution in [0, 0.1) is 5.92 Å². The van der Waals surface area contributed by atoms with Crippen LogP contribution in [0.15, 0.2) is 12.2 Å². The second-order valence-electron chi connectivity index (χ2n) is 3.92. The van der Waals surface area contributed by atoms with Crippen LogP contribution in [0.2, 0.25) is 0 Å². The summed E-state index contributed by atoms with van der Waals surface area (Å²) in [7, 11) is 0. The zero-order valence-corrected chi connectivity index (χ0v) is 12.3.